The third-order valence-electron chi connectivity index (χ3n) is 8.81. The Kier molecular flexibility index (Phi) is 6.01. The molecule has 3 aliphatic heterocycles. The molecule has 1 amide bonds. The van der Waals surface area contributed by atoms with Gasteiger partial charge in [-0.25, -0.2) is 13.5 Å². The van der Waals surface area contributed by atoms with Crippen molar-refractivity contribution in [1.82, 2.24) is 15.1 Å². The highest BCUT2D eigenvalue weighted by atomic mass is 35.5. The first-order chi connectivity index (χ1) is 21.2. The fourth-order valence-electron chi connectivity index (χ4n) is 6.62. The van der Waals surface area contributed by atoms with Crippen molar-refractivity contribution >= 4 is 17.5 Å². The van der Waals surface area contributed by atoms with Gasteiger partial charge in [0.2, 0.25) is 11.7 Å². The van der Waals surface area contributed by atoms with Crippen molar-refractivity contribution in [1.29, 1.82) is 0 Å². The second kappa shape index (κ2) is 9.76. The number of ether oxygens (including phenoxy) is 3. The molecule has 9 nitrogen and oxygen atoms in total. The fraction of sp³-hybridized carbons (Fsp3) is 0.281. The Labute approximate surface area is 254 Å². The van der Waals surface area contributed by atoms with Gasteiger partial charge >= 0.3 is 0 Å². The van der Waals surface area contributed by atoms with E-state index in [1.54, 1.807) is 0 Å². The predicted octanol–water partition coefficient (Wildman–Crippen LogP) is 5.76. The molecule has 2 atom stereocenters. The Hall–Kier alpha value is -4.48. The zero-order valence-electron chi connectivity index (χ0n) is 23.2. The standard InChI is InChI=1S/C32H25ClF2N4O5/c33-27-19(34)12-20-18(14-32(44-20,23-7-4-10-37-23)15-5-2-1-3-6-15)25(27)26-17(30(36)41)11-21-29(28(26)35)42-22-13-24(40)39(16-8-9-16)38-31(22)43-21/h1-3,5-6,11-13,16,23,37H,4,7-10,14H2,(H2,36,41)/t23-,32-/m0/s1. The van der Waals surface area contributed by atoms with Gasteiger partial charge in [-0.05, 0) is 43.9 Å². The summed E-state index contributed by atoms with van der Waals surface area (Å²) in [4.78, 5) is 25.5. The van der Waals surface area contributed by atoms with E-state index in [4.69, 9.17) is 31.5 Å². The van der Waals surface area contributed by atoms with Gasteiger partial charge < -0.3 is 25.3 Å². The minimum atomic E-state index is -1.06. The summed E-state index contributed by atoms with van der Waals surface area (Å²) in [5.74, 6) is -3.46. The molecule has 44 heavy (non-hydrogen) atoms. The molecule has 2 fully saturated rings. The Morgan fingerprint density at radius 1 is 1.05 bits per heavy atom. The Balaban J connectivity index is 1.31. The van der Waals surface area contributed by atoms with E-state index in [0.29, 0.717) is 5.56 Å². The highest BCUT2D eigenvalue weighted by molar-refractivity contribution is 6.34. The number of nitrogens with zero attached hydrogens (tertiary/aromatic N) is 2. The Morgan fingerprint density at radius 3 is 2.55 bits per heavy atom. The number of amides is 1. The Morgan fingerprint density at radius 2 is 1.84 bits per heavy atom. The van der Waals surface area contributed by atoms with E-state index >= 15 is 8.78 Å². The quantitative estimate of drug-likeness (QED) is 0.257. The van der Waals surface area contributed by atoms with E-state index < -0.39 is 39.5 Å². The summed E-state index contributed by atoms with van der Waals surface area (Å²) in [5.41, 5.74) is 4.97. The maximum Gasteiger partial charge on any atom is 0.280 e. The third kappa shape index (κ3) is 4.02. The van der Waals surface area contributed by atoms with Crippen LogP contribution >= 0.6 is 11.6 Å². The van der Waals surface area contributed by atoms with Gasteiger partial charge in [0.25, 0.3) is 11.4 Å². The van der Waals surface area contributed by atoms with Crippen LogP contribution in [0.2, 0.25) is 5.02 Å². The minimum absolute atomic E-state index is 0.0417. The number of rotatable bonds is 5. The van der Waals surface area contributed by atoms with Crippen LogP contribution in [0, 0.1) is 11.6 Å². The molecule has 3 N–H and O–H groups in total. The van der Waals surface area contributed by atoms with Gasteiger partial charge in [-0.15, -0.1) is 5.10 Å². The first-order valence-corrected chi connectivity index (χ1v) is 14.8. The Bertz CT molecular complexity index is 1940. The number of aromatic nitrogens is 2. The zero-order chi connectivity index (χ0) is 30.3. The summed E-state index contributed by atoms with van der Waals surface area (Å²) in [5, 5.41) is 7.34. The average Bonchev–Trinajstić information content (AvgIpc) is 3.55. The largest absolute Gasteiger partial charge is 0.480 e. The molecule has 1 aromatic heterocycles. The second-order valence-electron chi connectivity index (χ2n) is 11.5. The number of carbonyl (C=O) groups excluding carboxylic acids is 1. The molecule has 8 rings (SSSR count). The zero-order valence-corrected chi connectivity index (χ0v) is 23.9. The second-order valence-corrected chi connectivity index (χ2v) is 11.9. The van der Waals surface area contributed by atoms with Gasteiger partial charge in [0.05, 0.1) is 28.7 Å². The first-order valence-electron chi connectivity index (χ1n) is 14.4. The monoisotopic (exact) mass is 618 g/mol. The number of fused-ring (bicyclic) bond motifs is 3. The SMILES string of the molecule is NC(=O)c1cc2c(c(F)c1-c1c(Cl)c(F)cc3c1C[C@](c1ccccc1)([C@@H]1CCCN1)O3)Oc1cc(=O)n(C3CC3)nc1O2. The molecule has 1 aliphatic carbocycles. The average molecular weight is 619 g/mol. The smallest absolute Gasteiger partial charge is 0.280 e. The molecule has 12 heteroatoms. The van der Waals surface area contributed by atoms with Crippen molar-refractivity contribution < 1.29 is 27.8 Å². The number of hydrogen-bond acceptors (Lipinski definition) is 7. The van der Waals surface area contributed by atoms with E-state index in [1.165, 1.54) is 22.9 Å². The van der Waals surface area contributed by atoms with Gasteiger partial charge in [0, 0.05) is 29.2 Å². The van der Waals surface area contributed by atoms with E-state index in [2.05, 4.69) is 10.4 Å². The van der Waals surface area contributed by atoms with Gasteiger partial charge in [-0.1, -0.05) is 41.9 Å². The summed E-state index contributed by atoms with van der Waals surface area (Å²) < 4.78 is 51.8. The third-order valence-corrected chi connectivity index (χ3v) is 9.18. The molecule has 224 valence electrons. The molecular formula is C32H25ClF2N4O5. The van der Waals surface area contributed by atoms with Crippen LogP contribution in [-0.4, -0.2) is 28.3 Å². The van der Waals surface area contributed by atoms with Crippen LogP contribution in [0.3, 0.4) is 0 Å². The van der Waals surface area contributed by atoms with Crippen molar-refractivity contribution in [3.8, 4) is 40.0 Å². The molecule has 0 bridgehead atoms. The molecule has 1 saturated carbocycles. The van der Waals surface area contributed by atoms with E-state index in [-0.39, 0.29) is 58.3 Å². The van der Waals surface area contributed by atoms with Crippen molar-refractivity contribution in [2.24, 2.45) is 5.73 Å². The van der Waals surface area contributed by atoms with Gasteiger partial charge in [0.15, 0.2) is 22.9 Å². The maximum atomic E-state index is 16.7. The predicted molar refractivity (Wildman–Crippen MR) is 156 cm³/mol. The van der Waals surface area contributed by atoms with E-state index in [9.17, 15) is 9.59 Å². The topological polar surface area (TPSA) is 118 Å². The number of carbonyl (C=O) groups is 1. The highest BCUT2D eigenvalue weighted by Gasteiger charge is 2.50. The van der Waals surface area contributed by atoms with Crippen molar-refractivity contribution in [2.45, 2.75) is 49.8 Å². The highest BCUT2D eigenvalue weighted by Crippen LogP contribution is 2.55. The molecule has 0 unspecified atom stereocenters. The van der Waals surface area contributed by atoms with Gasteiger partial charge in [-0.3, -0.25) is 9.59 Å². The van der Waals surface area contributed by atoms with Gasteiger partial charge in [0.1, 0.15) is 11.6 Å². The minimum Gasteiger partial charge on any atom is -0.480 e. The van der Waals surface area contributed by atoms with Crippen LogP contribution in [0.5, 0.6) is 28.9 Å². The lowest BCUT2D eigenvalue weighted by Gasteiger charge is -2.35. The fourth-order valence-corrected chi connectivity index (χ4v) is 6.88. The van der Waals surface area contributed by atoms with Crippen molar-refractivity contribution in [3.63, 3.8) is 0 Å². The molecule has 4 aromatic rings. The summed E-state index contributed by atoms with van der Waals surface area (Å²) >= 11 is 6.61. The molecule has 0 radical (unpaired) electrons. The van der Waals surface area contributed by atoms with Crippen LogP contribution in [-0.2, 0) is 12.0 Å². The molecular weight excluding hydrogens is 594 g/mol. The van der Waals surface area contributed by atoms with Crippen LogP contribution in [0.4, 0.5) is 8.78 Å². The van der Waals surface area contributed by atoms with Crippen LogP contribution in [0.15, 0.2) is 53.3 Å². The first kappa shape index (κ1) is 27.1. The number of halogens is 3. The lowest BCUT2D eigenvalue weighted by atomic mass is 9.80. The molecule has 1 saturated heterocycles. The molecule has 3 aromatic carbocycles. The molecule has 4 heterocycles. The lowest BCUT2D eigenvalue weighted by Crippen LogP contribution is -2.48. The number of benzene rings is 3. The number of nitrogens with two attached hydrogens (primary N) is 1. The van der Waals surface area contributed by atoms with E-state index in [0.717, 1.165) is 37.8 Å². The molecule has 4 aliphatic rings. The summed E-state index contributed by atoms with van der Waals surface area (Å²) in [6.45, 7) is 0.783. The number of nitrogens with one attached hydrogen (secondary N) is 1. The van der Waals surface area contributed by atoms with Crippen LogP contribution in [0.1, 0.15) is 53.2 Å². The normalized spacial score (nSPS) is 21.5. The van der Waals surface area contributed by atoms with Gasteiger partial charge in [-0.2, -0.15) is 0 Å². The van der Waals surface area contributed by atoms with E-state index in [1.807, 2.05) is 30.3 Å². The van der Waals surface area contributed by atoms with Crippen LogP contribution in [0.25, 0.3) is 11.1 Å². The number of hydrogen-bond donors (Lipinski definition) is 2. The summed E-state index contributed by atoms with van der Waals surface area (Å²) in [7, 11) is 0. The lowest BCUT2D eigenvalue weighted by molar-refractivity contribution is 0.0539. The van der Waals surface area contributed by atoms with Crippen LogP contribution < -0.4 is 30.8 Å². The maximum absolute atomic E-state index is 16.7. The summed E-state index contributed by atoms with van der Waals surface area (Å²) in [6.07, 6.45) is 3.54. The molecule has 0 spiro atoms. The van der Waals surface area contributed by atoms with Crippen molar-refractivity contribution in [3.05, 3.63) is 92.2 Å². The number of primary amides is 1. The van der Waals surface area contributed by atoms with Crippen molar-refractivity contribution in [2.75, 3.05) is 6.54 Å². The summed E-state index contributed by atoms with van der Waals surface area (Å²) in [6, 6.07) is 13.0.